The molecule has 2 nitrogen and oxygen atoms in total. The van der Waals surface area contributed by atoms with Gasteiger partial charge >= 0.3 is 0 Å². The van der Waals surface area contributed by atoms with Crippen molar-refractivity contribution in [2.24, 2.45) is 0 Å². The molecule has 2 aromatic rings. The van der Waals surface area contributed by atoms with Crippen molar-refractivity contribution in [2.75, 3.05) is 0 Å². The van der Waals surface area contributed by atoms with Gasteiger partial charge in [-0.1, -0.05) is 22.0 Å². The zero-order chi connectivity index (χ0) is 11.5. The zero-order valence-corrected chi connectivity index (χ0v) is 10.1. The maximum atomic E-state index is 13.6. The van der Waals surface area contributed by atoms with E-state index in [0.717, 1.165) is 10.2 Å². The maximum absolute atomic E-state index is 13.6. The molecule has 0 radical (unpaired) electrons. The third-order valence-electron chi connectivity index (χ3n) is 2.44. The lowest BCUT2D eigenvalue weighted by Gasteiger charge is -2.08. The molecule has 1 heterocycles. The molecule has 1 aromatic heterocycles. The molecular weight excluding hydrogens is 273 g/mol. The Morgan fingerprint density at radius 1 is 1.31 bits per heavy atom. The van der Waals surface area contributed by atoms with Crippen LogP contribution in [0.25, 0.3) is 0 Å². The van der Waals surface area contributed by atoms with E-state index < -0.39 is 0 Å². The van der Waals surface area contributed by atoms with E-state index in [1.54, 1.807) is 12.1 Å². The number of aliphatic hydroxyl groups is 1. The van der Waals surface area contributed by atoms with Crippen molar-refractivity contribution < 1.29 is 9.50 Å². The van der Waals surface area contributed by atoms with Crippen LogP contribution >= 0.6 is 15.9 Å². The third-order valence-corrected chi connectivity index (χ3v) is 2.93. The van der Waals surface area contributed by atoms with Gasteiger partial charge in [0.25, 0.3) is 0 Å². The van der Waals surface area contributed by atoms with E-state index in [1.165, 1.54) is 6.07 Å². The standard InChI is InChI=1S/C12H11BrFNO/c13-10-4-3-9(12(14)6-10)7-15-5-1-2-11(15)8-16/h1-6,16H,7-8H2. The molecule has 0 aliphatic carbocycles. The molecule has 4 heteroatoms. The Kier molecular flexibility index (Phi) is 3.41. The van der Waals surface area contributed by atoms with E-state index in [0.29, 0.717) is 12.1 Å². The van der Waals surface area contributed by atoms with Crippen LogP contribution < -0.4 is 0 Å². The van der Waals surface area contributed by atoms with Crippen LogP contribution in [0.5, 0.6) is 0 Å². The van der Waals surface area contributed by atoms with E-state index >= 15 is 0 Å². The van der Waals surface area contributed by atoms with Crippen LogP contribution in [0.3, 0.4) is 0 Å². The molecule has 1 aromatic carbocycles. The van der Waals surface area contributed by atoms with Crippen LogP contribution in [0.2, 0.25) is 0 Å². The van der Waals surface area contributed by atoms with Gasteiger partial charge in [-0.05, 0) is 24.3 Å². The van der Waals surface area contributed by atoms with Gasteiger partial charge in [0.05, 0.1) is 13.2 Å². The lowest BCUT2D eigenvalue weighted by Crippen LogP contribution is -2.04. The normalized spacial score (nSPS) is 10.7. The highest BCUT2D eigenvalue weighted by molar-refractivity contribution is 9.10. The minimum atomic E-state index is -0.244. The number of aliphatic hydroxyl groups excluding tert-OH is 1. The van der Waals surface area contributed by atoms with E-state index in [2.05, 4.69) is 15.9 Å². The van der Waals surface area contributed by atoms with Crippen molar-refractivity contribution in [1.82, 2.24) is 4.57 Å². The van der Waals surface area contributed by atoms with Gasteiger partial charge in [0, 0.05) is 21.9 Å². The highest BCUT2D eigenvalue weighted by Crippen LogP contribution is 2.17. The Balaban J connectivity index is 2.27. The van der Waals surface area contributed by atoms with Crippen molar-refractivity contribution >= 4 is 15.9 Å². The third kappa shape index (κ3) is 2.33. The summed E-state index contributed by atoms with van der Waals surface area (Å²) in [4.78, 5) is 0. The molecule has 0 aliphatic heterocycles. The van der Waals surface area contributed by atoms with Crippen molar-refractivity contribution in [3.8, 4) is 0 Å². The fourth-order valence-corrected chi connectivity index (χ4v) is 1.91. The Labute approximate surface area is 101 Å². The molecule has 2 rings (SSSR count). The van der Waals surface area contributed by atoms with E-state index in [-0.39, 0.29) is 12.4 Å². The summed E-state index contributed by atoms with van der Waals surface area (Å²) in [5.41, 5.74) is 1.39. The molecule has 0 aliphatic rings. The largest absolute Gasteiger partial charge is 0.390 e. The number of hydrogen-bond donors (Lipinski definition) is 1. The predicted octanol–water partition coefficient (Wildman–Crippen LogP) is 2.93. The summed E-state index contributed by atoms with van der Waals surface area (Å²) in [5, 5.41) is 9.08. The first-order valence-electron chi connectivity index (χ1n) is 4.89. The summed E-state index contributed by atoms with van der Waals surface area (Å²) >= 11 is 3.22. The van der Waals surface area contributed by atoms with Crippen LogP contribution in [0.15, 0.2) is 41.0 Å². The number of halogens is 2. The lowest BCUT2D eigenvalue weighted by atomic mass is 10.2. The van der Waals surface area contributed by atoms with Gasteiger partial charge in [-0.2, -0.15) is 0 Å². The molecule has 0 bridgehead atoms. The van der Waals surface area contributed by atoms with Crippen molar-refractivity contribution in [2.45, 2.75) is 13.2 Å². The van der Waals surface area contributed by atoms with E-state index in [9.17, 15) is 4.39 Å². The first-order valence-corrected chi connectivity index (χ1v) is 5.69. The molecule has 84 valence electrons. The first-order chi connectivity index (χ1) is 7.70. The number of aromatic nitrogens is 1. The Morgan fingerprint density at radius 3 is 2.81 bits per heavy atom. The van der Waals surface area contributed by atoms with Crippen molar-refractivity contribution in [1.29, 1.82) is 0 Å². The number of rotatable bonds is 3. The van der Waals surface area contributed by atoms with Gasteiger partial charge in [-0.15, -0.1) is 0 Å². The average Bonchev–Trinajstić information content (AvgIpc) is 2.69. The second-order valence-corrected chi connectivity index (χ2v) is 4.44. The number of benzene rings is 1. The summed E-state index contributed by atoms with van der Waals surface area (Å²) in [6.45, 7) is 0.396. The van der Waals surface area contributed by atoms with Crippen molar-refractivity contribution in [3.63, 3.8) is 0 Å². The summed E-state index contributed by atoms with van der Waals surface area (Å²) in [6, 6.07) is 8.64. The summed E-state index contributed by atoms with van der Waals surface area (Å²) in [7, 11) is 0. The highest BCUT2D eigenvalue weighted by Gasteiger charge is 2.05. The van der Waals surface area contributed by atoms with Crippen molar-refractivity contribution in [3.05, 3.63) is 58.1 Å². The fourth-order valence-electron chi connectivity index (χ4n) is 1.58. The molecule has 0 saturated heterocycles. The van der Waals surface area contributed by atoms with Gasteiger partial charge in [0.2, 0.25) is 0 Å². The molecule has 0 saturated carbocycles. The van der Waals surface area contributed by atoms with Crippen LogP contribution in [0, 0.1) is 5.82 Å². The van der Waals surface area contributed by atoms with Gasteiger partial charge in [-0.3, -0.25) is 0 Å². The predicted molar refractivity (Wildman–Crippen MR) is 63.6 cm³/mol. The molecular formula is C12H11BrFNO. The van der Waals surface area contributed by atoms with E-state index in [4.69, 9.17) is 5.11 Å². The van der Waals surface area contributed by atoms with E-state index in [1.807, 2.05) is 22.9 Å². The zero-order valence-electron chi connectivity index (χ0n) is 8.53. The molecule has 0 unspecified atom stereocenters. The fraction of sp³-hybridized carbons (Fsp3) is 0.167. The van der Waals surface area contributed by atoms with Gasteiger partial charge in [-0.25, -0.2) is 4.39 Å². The van der Waals surface area contributed by atoms with Gasteiger partial charge in [0.1, 0.15) is 5.82 Å². The Bertz CT molecular complexity index is 496. The molecule has 1 N–H and O–H groups in total. The number of nitrogens with zero attached hydrogens (tertiary/aromatic N) is 1. The van der Waals surface area contributed by atoms with Crippen LogP contribution in [0.4, 0.5) is 4.39 Å². The topological polar surface area (TPSA) is 25.2 Å². The monoisotopic (exact) mass is 283 g/mol. The minimum absolute atomic E-state index is 0.0366. The summed E-state index contributed by atoms with van der Waals surface area (Å²) in [6.07, 6.45) is 1.83. The molecule has 0 amide bonds. The second kappa shape index (κ2) is 4.80. The molecule has 16 heavy (non-hydrogen) atoms. The Hall–Kier alpha value is -1.13. The van der Waals surface area contributed by atoms with Crippen LogP contribution in [-0.2, 0) is 13.2 Å². The number of hydrogen-bond acceptors (Lipinski definition) is 1. The summed E-state index contributed by atoms with van der Waals surface area (Å²) in [5.74, 6) is -0.244. The quantitative estimate of drug-likeness (QED) is 0.921. The van der Waals surface area contributed by atoms with Crippen LogP contribution in [0.1, 0.15) is 11.3 Å². The molecule has 0 atom stereocenters. The Morgan fingerprint density at radius 2 is 2.12 bits per heavy atom. The summed E-state index contributed by atoms with van der Waals surface area (Å²) < 4.78 is 16.1. The smallest absolute Gasteiger partial charge is 0.129 e. The minimum Gasteiger partial charge on any atom is -0.390 e. The maximum Gasteiger partial charge on any atom is 0.129 e. The highest BCUT2D eigenvalue weighted by atomic mass is 79.9. The van der Waals surface area contributed by atoms with Crippen LogP contribution in [-0.4, -0.2) is 9.67 Å². The average molecular weight is 284 g/mol. The second-order valence-electron chi connectivity index (χ2n) is 3.52. The lowest BCUT2D eigenvalue weighted by molar-refractivity contribution is 0.271. The molecule has 0 spiro atoms. The SMILES string of the molecule is OCc1cccn1Cc1ccc(Br)cc1F. The molecule has 0 fully saturated rings. The van der Waals surface area contributed by atoms with Gasteiger partial charge < -0.3 is 9.67 Å². The van der Waals surface area contributed by atoms with Gasteiger partial charge in [0.15, 0.2) is 0 Å². The first kappa shape index (κ1) is 11.4.